The summed E-state index contributed by atoms with van der Waals surface area (Å²) < 4.78 is 0. The molecule has 1 aliphatic carbocycles. The molecule has 1 atom stereocenters. The van der Waals surface area contributed by atoms with E-state index in [0.29, 0.717) is 0 Å². The summed E-state index contributed by atoms with van der Waals surface area (Å²) in [5.74, 6) is -0.317. The fourth-order valence-electron chi connectivity index (χ4n) is 4.14. The van der Waals surface area contributed by atoms with Crippen molar-refractivity contribution in [1.82, 2.24) is 15.6 Å². The standard InChI is InChI=1S/C24H27N3O2/c1-15(2)26-23(28)20-13-19-21(11-6-12-22(19)27-24(20)29)25-14-17-9-5-8-16-7-3-4-10-18(16)17/h3-5,7-10,13,15,21,25H,6,11-12,14H2,1-2H3,(H,26,28)(H,27,29). The van der Waals surface area contributed by atoms with E-state index in [4.69, 9.17) is 0 Å². The maximum Gasteiger partial charge on any atom is 0.261 e. The average Bonchev–Trinajstić information content (AvgIpc) is 2.71. The first-order valence-electron chi connectivity index (χ1n) is 10.3. The third-order valence-electron chi connectivity index (χ3n) is 5.54. The fourth-order valence-corrected chi connectivity index (χ4v) is 4.14. The van der Waals surface area contributed by atoms with Crippen molar-refractivity contribution in [2.24, 2.45) is 0 Å². The molecule has 29 heavy (non-hydrogen) atoms. The zero-order valence-electron chi connectivity index (χ0n) is 16.9. The first kappa shape index (κ1) is 19.4. The number of amides is 1. The summed E-state index contributed by atoms with van der Waals surface area (Å²) in [6.07, 6.45) is 2.83. The number of pyridine rings is 1. The van der Waals surface area contributed by atoms with E-state index in [-0.39, 0.29) is 29.1 Å². The van der Waals surface area contributed by atoms with E-state index in [1.165, 1.54) is 16.3 Å². The maximum absolute atomic E-state index is 12.4. The molecular weight excluding hydrogens is 362 g/mol. The quantitative estimate of drug-likeness (QED) is 0.621. The van der Waals surface area contributed by atoms with Crippen LogP contribution in [-0.4, -0.2) is 16.9 Å². The lowest BCUT2D eigenvalue weighted by Gasteiger charge is -2.27. The maximum atomic E-state index is 12.4. The van der Waals surface area contributed by atoms with Crippen molar-refractivity contribution in [3.63, 3.8) is 0 Å². The molecule has 150 valence electrons. The highest BCUT2D eigenvalue weighted by Gasteiger charge is 2.24. The summed E-state index contributed by atoms with van der Waals surface area (Å²) in [4.78, 5) is 27.8. The monoisotopic (exact) mass is 389 g/mol. The third kappa shape index (κ3) is 4.10. The number of hydrogen-bond donors (Lipinski definition) is 3. The minimum atomic E-state index is -0.317. The summed E-state index contributed by atoms with van der Waals surface area (Å²) in [5.41, 5.74) is 3.10. The third-order valence-corrected chi connectivity index (χ3v) is 5.54. The summed E-state index contributed by atoms with van der Waals surface area (Å²) in [5, 5.41) is 8.96. The van der Waals surface area contributed by atoms with Gasteiger partial charge in [-0.25, -0.2) is 0 Å². The second-order valence-electron chi connectivity index (χ2n) is 8.04. The summed E-state index contributed by atoms with van der Waals surface area (Å²) in [6, 6.07) is 16.6. The van der Waals surface area contributed by atoms with E-state index in [1.54, 1.807) is 6.07 Å². The van der Waals surface area contributed by atoms with Crippen LogP contribution in [0.25, 0.3) is 10.8 Å². The molecule has 0 bridgehead atoms. The van der Waals surface area contributed by atoms with Gasteiger partial charge in [-0.1, -0.05) is 42.5 Å². The van der Waals surface area contributed by atoms with Crippen LogP contribution in [0.3, 0.4) is 0 Å². The normalized spacial score (nSPS) is 16.0. The number of nitrogens with one attached hydrogen (secondary N) is 3. The van der Waals surface area contributed by atoms with E-state index in [2.05, 4.69) is 58.1 Å². The average molecular weight is 389 g/mol. The summed E-state index contributed by atoms with van der Waals surface area (Å²) >= 11 is 0. The van der Waals surface area contributed by atoms with Crippen LogP contribution in [0.2, 0.25) is 0 Å². The van der Waals surface area contributed by atoms with Crippen molar-refractivity contribution >= 4 is 16.7 Å². The number of aromatic nitrogens is 1. The Morgan fingerprint density at radius 1 is 1.17 bits per heavy atom. The molecule has 1 heterocycles. The van der Waals surface area contributed by atoms with E-state index in [9.17, 15) is 9.59 Å². The van der Waals surface area contributed by atoms with Crippen molar-refractivity contribution < 1.29 is 4.79 Å². The lowest BCUT2D eigenvalue weighted by Crippen LogP contribution is -2.36. The topological polar surface area (TPSA) is 74.0 Å². The van der Waals surface area contributed by atoms with Crippen LogP contribution in [0, 0.1) is 0 Å². The lowest BCUT2D eigenvalue weighted by molar-refractivity contribution is 0.0941. The molecule has 3 N–H and O–H groups in total. The van der Waals surface area contributed by atoms with Crippen LogP contribution < -0.4 is 16.2 Å². The van der Waals surface area contributed by atoms with Crippen LogP contribution in [-0.2, 0) is 13.0 Å². The van der Waals surface area contributed by atoms with Gasteiger partial charge in [-0.3, -0.25) is 9.59 Å². The van der Waals surface area contributed by atoms with Crippen molar-refractivity contribution in [3.8, 4) is 0 Å². The lowest BCUT2D eigenvalue weighted by atomic mass is 9.90. The van der Waals surface area contributed by atoms with Crippen molar-refractivity contribution in [2.75, 3.05) is 0 Å². The number of hydrogen-bond acceptors (Lipinski definition) is 3. The summed E-state index contributed by atoms with van der Waals surface area (Å²) in [7, 11) is 0. The molecule has 5 heteroatoms. The number of carbonyl (C=O) groups excluding carboxylic acids is 1. The Morgan fingerprint density at radius 3 is 2.79 bits per heavy atom. The number of aryl methyl sites for hydroxylation is 1. The number of aromatic amines is 1. The van der Waals surface area contributed by atoms with Gasteiger partial charge in [0.05, 0.1) is 0 Å². The molecule has 0 saturated carbocycles. The van der Waals surface area contributed by atoms with Gasteiger partial charge in [0, 0.05) is 24.3 Å². The Hall–Kier alpha value is -2.92. The molecule has 0 saturated heterocycles. The van der Waals surface area contributed by atoms with Crippen LogP contribution in [0.15, 0.2) is 53.3 Å². The number of benzene rings is 2. The molecule has 1 aliphatic rings. The number of carbonyl (C=O) groups is 1. The van der Waals surface area contributed by atoms with Crippen LogP contribution in [0.4, 0.5) is 0 Å². The zero-order chi connectivity index (χ0) is 20.4. The first-order chi connectivity index (χ1) is 14.0. The van der Waals surface area contributed by atoms with Gasteiger partial charge in [0.15, 0.2) is 0 Å². The molecule has 3 aromatic rings. The first-order valence-corrected chi connectivity index (χ1v) is 10.3. The molecule has 1 aromatic heterocycles. The number of rotatable bonds is 5. The molecular formula is C24H27N3O2. The molecule has 1 amide bonds. The molecule has 0 spiro atoms. The van der Waals surface area contributed by atoms with Crippen molar-refractivity contribution in [3.05, 3.63) is 81.3 Å². The molecule has 5 nitrogen and oxygen atoms in total. The second-order valence-corrected chi connectivity index (χ2v) is 8.04. The zero-order valence-corrected chi connectivity index (χ0v) is 16.9. The van der Waals surface area contributed by atoms with Gasteiger partial charge in [-0.15, -0.1) is 0 Å². The minimum absolute atomic E-state index is 0.0155. The Bertz CT molecular complexity index is 1100. The predicted molar refractivity (Wildman–Crippen MR) is 116 cm³/mol. The van der Waals surface area contributed by atoms with Gasteiger partial charge in [-0.2, -0.15) is 0 Å². The van der Waals surface area contributed by atoms with Crippen LogP contribution >= 0.6 is 0 Å². The fraction of sp³-hybridized carbons (Fsp3) is 0.333. The Balaban J connectivity index is 1.60. The largest absolute Gasteiger partial charge is 0.350 e. The highest BCUT2D eigenvalue weighted by molar-refractivity contribution is 5.94. The molecule has 0 fully saturated rings. The number of H-pyrrole nitrogens is 1. The smallest absolute Gasteiger partial charge is 0.261 e. The number of fused-ring (bicyclic) bond motifs is 2. The highest BCUT2D eigenvalue weighted by Crippen LogP contribution is 2.29. The van der Waals surface area contributed by atoms with Gasteiger partial charge in [0.1, 0.15) is 5.56 Å². The van der Waals surface area contributed by atoms with Gasteiger partial charge in [-0.05, 0) is 61.1 Å². The van der Waals surface area contributed by atoms with Crippen LogP contribution in [0.1, 0.15) is 59.9 Å². The van der Waals surface area contributed by atoms with Crippen molar-refractivity contribution in [2.45, 2.75) is 51.7 Å². The van der Waals surface area contributed by atoms with Gasteiger partial charge < -0.3 is 15.6 Å². The SMILES string of the molecule is CC(C)NC(=O)c1cc2c([nH]c1=O)CCCC2NCc1cccc2ccccc12. The molecule has 4 rings (SSSR count). The van der Waals surface area contributed by atoms with E-state index < -0.39 is 0 Å². The molecule has 0 radical (unpaired) electrons. The molecule has 2 aromatic carbocycles. The molecule has 0 aliphatic heterocycles. The minimum Gasteiger partial charge on any atom is -0.350 e. The second kappa shape index (κ2) is 8.21. The Kier molecular flexibility index (Phi) is 5.49. The van der Waals surface area contributed by atoms with Gasteiger partial charge >= 0.3 is 0 Å². The van der Waals surface area contributed by atoms with E-state index >= 15 is 0 Å². The summed E-state index contributed by atoms with van der Waals surface area (Å²) in [6.45, 7) is 4.51. The Morgan fingerprint density at radius 2 is 1.97 bits per heavy atom. The molecule has 1 unspecified atom stereocenters. The van der Waals surface area contributed by atoms with E-state index in [0.717, 1.165) is 37.1 Å². The van der Waals surface area contributed by atoms with Crippen LogP contribution in [0.5, 0.6) is 0 Å². The van der Waals surface area contributed by atoms with Gasteiger partial charge in [0.2, 0.25) is 0 Å². The predicted octanol–water partition coefficient (Wildman–Crippen LogP) is 3.83. The highest BCUT2D eigenvalue weighted by atomic mass is 16.2. The van der Waals surface area contributed by atoms with Gasteiger partial charge in [0.25, 0.3) is 11.5 Å². The van der Waals surface area contributed by atoms with Crippen molar-refractivity contribution in [1.29, 1.82) is 0 Å². The Labute approximate surface area is 170 Å². The van der Waals surface area contributed by atoms with E-state index in [1.807, 2.05) is 13.8 Å².